The molecule has 0 spiro atoms. The number of hydrogen-bond donors (Lipinski definition) is 0. The maximum absolute atomic E-state index is 12.9. The van der Waals surface area contributed by atoms with Crippen LogP contribution in [0.1, 0.15) is 188 Å². The Bertz CT molecular complexity index is 763. The zero-order valence-corrected chi connectivity index (χ0v) is 33.9. The molecule has 0 bridgehead atoms. The molecule has 8 heteroatoms. The van der Waals surface area contributed by atoms with Gasteiger partial charge in [0, 0.05) is 38.0 Å². The summed E-state index contributed by atoms with van der Waals surface area (Å²) in [6.45, 7) is 14.1. The number of piperidine rings is 1. The molecule has 0 amide bonds. The number of carbonyl (C=O) groups is 2. The number of ether oxygens (including phenoxy) is 5. The first-order chi connectivity index (χ1) is 25.0. The van der Waals surface area contributed by atoms with Crippen molar-refractivity contribution in [2.45, 2.75) is 195 Å². The predicted octanol–water partition coefficient (Wildman–Crippen LogP) is 11.6. The minimum absolute atomic E-state index is 0.0458. The molecule has 51 heavy (non-hydrogen) atoms. The first-order valence-electron chi connectivity index (χ1n) is 21.7. The number of hydrogen-bond acceptors (Lipinski definition) is 8. The maximum Gasteiger partial charge on any atom is 0.508 e. The molecule has 0 aromatic carbocycles. The highest BCUT2D eigenvalue weighted by molar-refractivity contribution is 5.69. The van der Waals surface area contributed by atoms with Crippen LogP contribution in [-0.4, -0.2) is 76.0 Å². The number of likely N-dealkylation sites (tertiary alicyclic amines) is 1. The Morgan fingerprint density at radius 1 is 0.686 bits per heavy atom. The van der Waals surface area contributed by atoms with E-state index in [1.807, 2.05) is 0 Å². The lowest BCUT2D eigenvalue weighted by atomic mass is 9.99. The van der Waals surface area contributed by atoms with Gasteiger partial charge >= 0.3 is 12.1 Å². The summed E-state index contributed by atoms with van der Waals surface area (Å²) in [7, 11) is 0. The van der Waals surface area contributed by atoms with Crippen LogP contribution in [0.15, 0.2) is 0 Å². The SMILES string of the molecule is C[CH]CCCCCCCCCC(COC(=O)CCC(OCCCCCCCC)OCCCCCCCC)COC(=O)OCC1CCCN(CC)C1. The van der Waals surface area contributed by atoms with Gasteiger partial charge in [-0.3, -0.25) is 4.79 Å². The van der Waals surface area contributed by atoms with E-state index in [9.17, 15) is 9.59 Å². The number of nitrogens with zero attached hydrogens (tertiary/aromatic N) is 1. The van der Waals surface area contributed by atoms with Crippen molar-refractivity contribution >= 4 is 12.1 Å². The second-order valence-corrected chi connectivity index (χ2v) is 15.0. The second kappa shape index (κ2) is 35.6. The van der Waals surface area contributed by atoms with Crippen LogP contribution in [-0.2, 0) is 28.5 Å². The molecule has 0 aromatic heterocycles. The molecule has 8 nitrogen and oxygen atoms in total. The van der Waals surface area contributed by atoms with E-state index in [2.05, 4.69) is 39.0 Å². The fourth-order valence-corrected chi connectivity index (χ4v) is 6.80. The van der Waals surface area contributed by atoms with Gasteiger partial charge in [-0.05, 0) is 51.6 Å². The molecule has 1 fully saturated rings. The first-order valence-corrected chi connectivity index (χ1v) is 21.7. The van der Waals surface area contributed by atoms with Gasteiger partial charge in [0.25, 0.3) is 0 Å². The number of carbonyl (C=O) groups excluding carboxylic acids is 2. The van der Waals surface area contributed by atoms with Gasteiger partial charge in [0.05, 0.1) is 19.6 Å². The van der Waals surface area contributed by atoms with E-state index in [-0.39, 0.29) is 37.8 Å². The number of rotatable bonds is 36. The van der Waals surface area contributed by atoms with E-state index >= 15 is 0 Å². The smallest absolute Gasteiger partial charge is 0.465 e. The summed E-state index contributed by atoms with van der Waals surface area (Å²) >= 11 is 0. The van der Waals surface area contributed by atoms with E-state index < -0.39 is 6.16 Å². The van der Waals surface area contributed by atoms with Crippen LogP contribution in [0.4, 0.5) is 4.79 Å². The lowest BCUT2D eigenvalue weighted by molar-refractivity contribution is -0.160. The molecule has 1 rings (SSSR count). The lowest BCUT2D eigenvalue weighted by Gasteiger charge is -2.31. The summed E-state index contributed by atoms with van der Waals surface area (Å²) in [4.78, 5) is 27.9. The van der Waals surface area contributed by atoms with Gasteiger partial charge in [0.15, 0.2) is 6.29 Å². The summed E-state index contributed by atoms with van der Waals surface area (Å²) in [6, 6.07) is 0. The van der Waals surface area contributed by atoms with Gasteiger partial charge in [0.2, 0.25) is 0 Å². The van der Waals surface area contributed by atoms with Crippen LogP contribution in [0.2, 0.25) is 0 Å². The van der Waals surface area contributed by atoms with Crippen LogP contribution in [0, 0.1) is 18.3 Å². The Morgan fingerprint density at radius 2 is 1.25 bits per heavy atom. The average molecular weight is 725 g/mol. The topological polar surface area (TPSA) is 83.5 Å². The molecular weight excluding hydrogens is 642 g/mol. The van der Waals surface area contributed by atoms with Crippen molar-refractivity contribution in [3.05, 3.63) is 6.42 Å². The molecule has 1 heterocycles. The van der Waals surface area contributed by atoms with Crippen LogP contribution in [0.25, 0.3) is 0 Å². The van der Waals surface area contributed by atoms with Crippen LogP contribution < -0.4 is 0 Å². The Morgan fingerprint density at radius 3 is 1.86 bits per heavy atom. The van der Waals surface area contributed by atoms with Crippen molar-refractivity contribution in [3.8, 4) is 0 Å². The van der Waals surface area contributed by atoms with E-state index in [1.165, 1.54) is 103 Å². The summed E-state index contributed by atoms with van der Waals surface area (Å²) in [6.07, 6.45) is 29.3. The molecule has 1 radical (unpaired) electrons. The molecule has 0 aromatic rings. The molecule has 301 valence electrons. The molecule has 1 aliphatic heterocycles. The Kier molecular flexibility index (Phi) is 33.3. The quantitative estimate of drug-likeness (QED) is 0.0359. The second-order valence-electron chi connectivity index (χ2n) is 15.0. The van der Waals surface area contributed by atoms with Gasteiger partial charge < -0.3 is 28.6 Å². The van der Waals surface area contributed by atoms with Crippen molar-refractivity contribution < 1.29 is 33.3 Å². The van der Waals surface area contributed by atoms with Gasteiger partial charge in [0.1, 0.15) is 6.61 Å². The van der Waals surface area contributed by atoms with Crippen LogP contribution in [0.3, 0.4) is 0 Å². The third-order valence-corrected chi connectivity index (χ3v) is 10.2. The third kappa shape index (κ3) is 29.7. The van der Waals surface area contributed by atoms with Gasteiger partial charge in [-0.1, -0.05) is 143 Å². The van der Waals surface area contributed by atoms with Crippen molar-refractivity contribution in [3.63, 3.8) is 0 Å². The zero-order valence-electron chi connectivity index (χ0n) is 33.9. The maximum atomic E-state index is 12.9. The van der Waals surface area contributed by atoms with Crippen LogP contribution >= 0.6 is 0 Å². The Hall–Kier alpha value is -1.38. The third-order valence-electron chi connectivity index (χ3n) is 10.2. The number of unbranched alkanes of at least 4 members (excludes halogenated alkanes) is 18. The normalized spacial score (nSPS) is 15.7. The fourth-order valence-electron chi connectivity index (χ4n) is 6.80. The monoisotopic (exact) mass is 725 g/mol. The highest BCUT2D eigenvalue weighted by Gasteiger charge is 2.22. The van der Waals surface area contributed by atoms with Gasteiger partial charge in [-0.2, -0.15) is 0 Å². The van der Waals surface area contributed by atoms with E-state index in [0.717, 1.165) is 64.6 Å². The van der Waals surface area contributed by atoms with Gasteiger partial charge in [-0.25, -0.2) is 4.79 Å². The minimum Gasteiger partial charge on any atom is -0.465 e. The summed E-state index contributed by atoms with van der Waals surface area (Å²) < 4.78 is 29.1. The zero-order chi connectivity index (χ0) is 37.0. The van der Waals surface area contributed by atoms with E-state index in [1.54, 1.807) is 0 Å². The molecule has 2 unspecified atom stereocenters. The highest BCUT2D eigenvalue weighted by Crippen LogP contribution is 2.19. The summed E-state index contributed by atoms with van der Waals surface area (Å²) in [5.74, 6) is 0.0630. The van der Waals surface area contributed by atoms with Gasteiger partial charge in [-0.15, -0.1) is 0 Å². The molecule has 1 saturated heterocycles. The average Bonchev–Trinajstić information content (AvgIpc) is 3.15. The summed E-state index contributed by atoms with van der Waals surface area (Å²) in [5, 5.41) is 0. The standard InChI is InChI=1S/C43H82NO7/c1-5-9-12-15-18-19-20-21-24-28-40(38-51-43(46)50-36-39-29-27-32-44(8-4)35-39)37-49-41(45)30-31-42(47-33-25-22-16-13-10-6-2)48-34-26-23-17-14-11-7-3/h5,39-40,42H,6-38H2,1-4H3. The lowest BCUT2D eigenvalue weighted by Crippen LogP contribution is -2.37. The number of esters is 1. The molecule has 1 aliphatic rings. The Balaban J connectivity index is 2.52. The molecular formula is C43H82NO7. The van der Waals surface area contributed by atoms with E-state index in [0.29, 0.717) is 32.2 Å². The molecule has 0 aliphatic carbocycles. The summed E-state index contributed by atoms with van der Waals surface area (Å²) in [5.41, 5.74) is 0. The van der Waals surface area contributed by atoms with Crippen molar-refractivity contribution in [1.29, 1.82) is 0 Å². The molecule has 0 saturated carbocycles. The largest absolute Gasteiger partial charge is 0.508 e. The van der Waals surface area contributed by atoms with Crippen molar-refractivity contribution in [2.24, 2.45) is 11.8 Å². The molecule has 0 N–H and O–H groups in total. The fraction of sp³-hybridized carbons (Fsp3) is 0.930. The highest BCUT2D eigenvalue weighted by atomic mass is 16.7. The molecule has 2 atom stereocenters. The predicted molar refractivity (Wildman–Crippen MR) is 210 cm³/mol. The van der Waals surface area contributed by atoms with Crippen molar-refractivity contribution in [2.75, 3.05) is 52.7 Å². The minimum atomic E-state index is -0.614. The Labute approximate surface area is 315 Å². The van der Waals surface area contributed by atoms with E-state index in [4.69, 9.17) is 23.7 Å². The first kappa shape index (κ1) is 47.6. The van der Waals surface area contributed by atoms with Crippen molar-refractivity contribution in [1.82, 2.24) is 4.90 Å². The van der Waals surface area contributed by atoms with Crippen LogP contribution in [0.5, 0.6) is 0 Å².